The highest BCUT2D eigenvalue weighted by Crippen LogP contribution is 2.20. The fourth-order valence-corrected chi connectivity index (χ4v) is 2.91. The number of hydrogen-bond acceptors (Lipinski definition) is 5. The van der Waals surface area contributed by atoms with E-state index in [0.29, 0.717) is 12.6 Å². The summed E-state index contributed by atoms with van der Waals surface area (Å²) in [6, 6.07) is 10.7. The Morgan fingerprint density at radius 1 is 1.30 bits per heavy atom. The lowest BCUT2D eigenvalue weighted by Crippen LogP contribution is -2.37. The lowest BCUT2D eigenvalue weighted by Gasteiger charge is -2.23. The first-order valence-corrected chi connectivity index (χ1v) is 7.90. The number of nitrogens with zero attached hydrogens (tertiary/aromatic N) is 4. The largest absolute Gasteiger partial charge is 0.359 e. The number of aryl methyl sites for hydroxylation is 2. The highest BCUT2D eigenvalue weighted by Gasteiger charge is 2.19. The standard InChI is InChI=1S/C17H19N5O/c1-12-2-4-13(5-3-12)16-8-15(23-21-16)9-18-14-6-7-17-19-11-20-22(17)10-14/h2-5,8,11,14,18H,6-7,9-10H2,1H3/t14-/m1/s1. The zero-order valence-electron chi connectivity index (χ0n) is 13.1. The van der Waals surface area contributed by atoms with Crippen LogP contribution in [0, 0.1) is 6.92 Å². The molecule has 6 nitrogen and oxygen atoms in total. The van der Waals surface area contributed by atoms with Gasteiger partial charge in [-0.25, -0.2) is 9.67 Å². The second-order valence-corrected chi connectivity index (χ2v) is 6.02. The quantitative estimate of drug-likeness (QED) is 0.801. The molecule has 2 aromatic heterocycles. The number of benzene rings is 1. The number of hydrogen-bond donors (Lipinski definition) is 1. The van der Waals surface area contributed by atoms with Crippen LogP contribution >= 0.6 is 0 Å². The van der Waals surface area contributed by atoms with Gasteiger partial charge in [-0.05, 0) is 13.3 Å². The van der Waals surface area contributed by atoms with E-state index in [9.17, 15) is 0 Å². The summed E-state index contributed by atoms with van der Waals surface area (Å²) >= 11 is 0. The van der Waals surface area contributed by atoms with Gasteiger partial charge in [-0.3, -0.25) is 0 Å². The number of nitrogens with one attached hydrogen (secondary N) is 1. The molecule has 1 aliphatic heterocycles. The van der Waals surface area contributed by atoms with Crippen molar-refractivity contribution in [3.05, 3.63) is 53.8 Å². The number of rotatable bonds is 4. The summed E-state index contributed by atoms with van der Waals surface area (Å²) in [6.45, 7) is 3.61. The lowest BCUT2D eigenvalue weighted by atomic mass is 10.1. The fraction of sp³-hybridized carbons (Fsp3) is 0.353. The van der Waals surface area contributed by atoms with Crippen molar-refractivity contribution in [1.82, 2.24) is 25.2 Å². The van der Waals surface area contributed by atoms with Crippen LogP contribution in [-0.2, 0) is 19.5 Å². The summed E-state index contributed by atoms with van der Waals surface area (Å²) in [5.74, 6) is 1.93. The summed E-state index contributed by atoms with van der Waals surface area (Å²) < 4.78 is 7.42. The van der Waals surface area contributed by atoms with Crippen LogP contribution in [0.25, 0.3) is 11.3 Å². The molecule has 0 spiro atoms. The number of fused-ring (bicyclic) bond motifs is 1. The fourth-order valence-electron chi connectivity index (χ4n) is 2.91. The van der Waals surface area contributed by atoms with Gasteiger partial charge in [0.1, 0.15) is 17.8 Å². The molecule has 0 bridgehead atoms. The predicted octanol–water partition coefficient (Wildman–Crippen LogP) is 2.35. The second kappa shape index (κ2) is 5.96. The Kier molecular flexibility index (Phi) is 3.67. The Balaban J connectivity index is 1.38. The smallest absolute Gasteiger partial charge is 0.151 e. The Morgan fingerprint density at radius 3 is 3.04 bits per heavy atom. The molecule has 0 unspecified atom stereocenters. The lowest BCUT2D eigenvalue weighted by molar-refractivity contribution is 0.325. The first kappa shape index (κ1) is 14.1. The van der Waals surface area contributed by atoms with E-state index in [1.54, 1.807) is 6.33 Å². The first-order valence-electron chi connectivity index (χ1n) is 7.90. The van der Waals surface area contributed by atoms with E-state index in [1.165, 1.54) is 5.56 Å². The van der Waals surface area contributed by atoms with Crippen LogP contribution in [0.15, 0.2) is 41.2 Å². The van der Waals surface area contributed by atoms with Crippen LogP contribution in [0.1, 0.15) is 23.6 Å². The molecule has 4 rings (SSSR count). The molecule has 1 N–H and O–H groups in total. The average molecular weight is 309 g/mol. The molecule has 118 valence electrons. The second-order valence-electron chi connectivity index (χ2n) is 6.02. The minimum Gasteiger partial charge on any atom is -0.359 e. The van der Waals surface area contributed by atoms with Crippen LogP contribution in [0.5, 0.6) is 0 Å². The normalized spacial score (nSPS) is 17.2. The van der Waals surface area contributed by atoms with Gasteiger partial charge in [0.15, 0.2) is 5.76 Å². The van der Waals surface area contributed by atoms with E-state index < -0.39 is 0 Å². The summed E-state index contributed by atoms with van der Waals surface area (Å²) in [7, 11) is 0. The van der Waals surface area contributed by atoms with Crippen molar-refractivity contribution in [2.24, 2.45) is 0 Å². The zero-order chi connectivity index (χ0) is 15.6. The van der Waals surface area contributed by atoms with Crippen LogP contribution in [0.3, 0.4) is 0 Å². The maximum atomic E-state index is 5.45. The molecule has 6 heteroatoms. The van der Waals surface area contributed by atoms with Crippen molar-refractivity contribution >= 4 is 0 Å². The van der Waals surface area contributed by atoms with Gasteiger partial charge in [0.2, 0.25) is 0 Å². The minimum atomic E-state index is 0.386. The SMILES string of the molecule is Cc1ccc(-c2cc(CN[C@@H]3CCc4ncnn4C3)on2)cc1. The molecule has 3 aromatic rings. The molecule has 0 amide bonds. The highest BCUT2D eigenvalue weighted by molar-refractivity contribution is 5.59. The molecule has 0 fully saturated rings. The molecule has 23 heavy (non-hydrogen) atoms. The van der Waals surface area contributed by atoms with Gasteiger partial charge in [-0.2, -0.15) is 5.10 Å². The highest BCUT2D eigenvalue weighted by atomic mass is 16.5. The molecule has 1 atom stereocenters. The van der Waals surface area contributed by atoms with Crippen molar-refractivity contribution in [1.29, 1.82) is 0 Å². The monoisotopic (exact) mass is 309 g/mol. The molecule has 1 aromatic carbocycles. The maximum Gasteiger partial charge on any atom is 0.151 e. The Morgan fingerprint density at radius 2 is 2.17 bits per heavy atom. The summed E-state index contributed by atoms with van der Waals surface area (Å²) in [5.41, 5.74) is 3.20. The van der Waals surface area contributed by atoms with Crippen molar-refractivity contribution in [2.45, 2.75) is 38.9 Å². The Hall–Kier alpha value is -2.47. The van der Waals surface area contributed by atoms with E-state index in [2.05, 4.69) is 51.7 Å². The first-order chi connectivity index (χ1) is 11.3. The van der Waals surface area contributed by atoms with Crippen LogP contribution in [-0.4, -0.2) is 26.0 Å². The molecule has 0 saturated carbocycles. The Labute approximate surface area is 134 Å². The molecule has 1 aliphatic rings. The van der Waals surface area contributed by atoms with Gasteiger partial charge < -0.3 is 9.84 Å². The molecular formula is C17H19N5O. The van der Waals surface area contributed by atoms with Crippen molar-refractivity contribution < 1.29 is 4.52 Å². The van der Waals surface area contributed by atoms with E-state index in [0.717, 1.165) is 42.2 Å². The van der Waals surface area contributed by atoms with Gasteiger partial charge in [-0.15, -0.1) is 0 Å². The molecule has 0 radical (unpaired) electrons. The minimum absolute atomic E-state index is 0.386. The molecular weight excluding hydrogens is 290 g/mol. The number of aromatic nitrogens is 4. The van der Waals surface area contributed by atoms with Gasteiger partial charge in [0, 0.05) is 24.1 Å². The van der Waals surface area contributed by atoms with Gasteiger partial charge >= 0.3 is 0 Å². The zero-order valence-corrected chi connectivity index (χ0v) is 13.1. The van der Waals surface area contributed by atoms with Gasteiger partial charge in [0.25, 0.3) is 0 Å². The summed E-state index contributed by atoms with van der Waals surface area (Å²) in [6.07, 6.45) is 3.66. The van der Waals surface area contributed by atoms with E-state index in [1.807, 2.05) is 10.7 Å². The topological polar surface area (TPSA) is 68.8 Å². The van der Waals surface area contributed by atoms with Crippen molar-refractivity contribution in [3.63, 3.8) is 0 Å². The molecule has 0 aliphatic carbocycles. The van der Waals surface area contributed by atoms with Crippen molar-refractivity contribution in [3.8, 4) is 11.3 Å². The van der Waals surface area contributed by atoms with Crippen molar-refractivity contribution in [2.75, 3.05) is 0 Å². The molecule has 3 heterocycles. The van der Waals surface area contributed by atoms with Crippen LogP contribution in [0.4, 0.5) is 0 Å². The van der Waals surface area contributed by atoms with E-state index in [-0.39, 0.29) is 0 Å². The predicted molar refractivity (Wildman–Crippen MR) is 85.6 cm³/mol. The van der Waals surface area contributed by atoms with Gasteiger partial charge in [-0.1, -0.05) is 35.0 Å². The van der Waals surface area contributed by atoms with Crippen LogP contribution < -0.4 is 5.32 Å². The van der Waals surface area contributed by atoms with E-state index in [4.69, 9.17) is 4.52 Å². The summed E-state index contributed by atoms with van der Waals surface area (Å²) in [4.78, 5) is 4.25. The third-order valence-electron chi connectivity index (χ3n) is 4.28. The maximum absolute atomic E-state index is 5.45. The van der Waals surface area contributed by atoms with Crippen LogP contribution in [0.2, 0.25) is 0 Å². The molecule has 0 saturated heterocycles. The third kappa shape index (κ3) is 3.03. The van der Waals surface area contributed by atoms with E-state index >= 15 is 0 Å². The Bertz CT molecular complexity index is 789. The van der Waals surface area contributed by atoms with Gasteiger partial charge in [0.05, 0.1) is 13.1 Å². The average Bonchev–Trinajstić information content (AvgIpc) is 3.22. The summed E-state index contributed by atoms with van der Waals surface area (Å²) in [5, 5.41) is 11.9. The third-order valence-corrected chi connectivity index (χ3v) is 4.28.